The quantitative estimate of drug-likeness (QED) is 0.879. The molecule has 0 aromatic heterocycles. The molecule has 0 saturated carbocycles. The van der Waals surface area contributed by atoms with Crippen molar-refractivity contribution in [2.75, 3.05) is 25.0 Å². The van der Waals surface area contributed by atoms with E-state index in [0.717, 1.165) is 30.6 Å². The average Bonchev–Trinajstić information content (AvgIpc) is 2.46. The van der Waals surface area contributed by atoms with E-state index < -0.39 is 0 Å². The molecule has 1 unspecified atom stereocenters. The van der Waals surface area contributed by atoms with Crippen LogP contribution in [0.4, 0.5) is 5.69 Å². The second kappa shape index (κ2) is 5.75. The zero-order valence-corrected chi connectivity index (χ0v) is 11.4. The number of piperidine rings is 1. The van der Waals surface area contributed by atoms with Crippen LogP contribution in [-0.4, -0.2) is 26.0 Å². The van der Waals surface area contributed by atoms with Gasteiger partial charge >= 0.3 is 0 Å². The Hall–Kier alpha value is -2.02. The number of aryl methyl sites for hydroxylation is 1. The molecule has 0 bridgehead atoms. The summed E-state index contributed by atoms with van der Waals surface area (Å²) in [6, 6.07) is 8.00. The number of para-hydroxylation sites is 1. The van der Waals surface area contributed by atoms with Gasteiger partial charge < -0.3 is 10.2 Å². The van der Waals surface area contributed by atoms with Gasteiger partial charge in [-0.3, -0.25) is 4.79 Å². The van der Waals surface area contributed by atoms with Crippen molar-refractivity contribution in [1.29, 1.82) is 5.26 Å². The summed E-state index contributed by atoms with van der Waals surface area (Å²) >= 11 is 0. The highest BCUT2D eigenvalue weighted by Gasteiger charge is 2.26. The maximum absolute atomic E-state index is 11.8. The maximum atomic E-state index is 11.8. The zero-order chi connectivity index (χ0) is 13.8. The van der Waals surface area contributed by atoms with Gasteiger partial charge in [0.1, 0.15) is 6.07 Å². The van der Waals surface area contributed by atoms with Gasteiger partial charge in [0.15, 0.2) is 0 Å². The van der Waals surface area contributed by atoms with E-state index >= 15 is 0 Å². The van der Waals surface area contributed by atoms with Crippen molar-refractivity contribution >= 4 is 11.6 Å². The number of rotatable bonds is 2. The summed E-state index contributed by atoms with van der Waals surface area (Å²) in [7, 11) is 1.68. The predicted octanol–water partition coefficient (Wildman–Crippen LogP) is 1.83. The van der Waals surface area contributed by atoms with Crippen molar-refractivity contribution in [2.45, 2.75) is 19.8 Å². The van der Waals surface area contributed by atoms with Crippen LogP contribution in [0.5, 0.6) is 0 Å². The predicted molar refractivity (Wildman–Crippen MR) is 74.9 cm³/mol. The van der Waals surface area contributed by atoms with Crippen LogP contribution in [0.1, 0.15) is 24.0 Å². The molecule has 1 heterocycles. The number of carbonyl (C=O) groups is 1. The smallest absolute Gasteiger partial charge is 0.224 e. The van der Waals surface area contributed by atoms with Crippen LogP contribution < -0.4 is 10.2 Å². The first-order chi connectivity index (χ1) is 9.17. The molecule has 1 N–H and O–H groups in total. The topological polar surface area (TPSA) is 56.1 Å². The van der Waals surface area contributed by atoms with Crippen molar-refractivity contribution in [2.24, 2.45) is 5.92 Å². The average molecular weight is 257 g/mol. The first-order valence-corrected chi connectivity index (χ1v) is 6.63. The molecule has 1 aromatic carbocycles. The van der Waals surface area contributed by atoms with Gasteiger partial charge in [0, 0.05) is 20.1 Å². The highest BCUT2D eigenvalue weighted by molar-refractivity contribution is 5.79. The molecular weight excluding hydrogens is 238 g/mol. The molecule has 0 radical (unpaired) electrons. The third kappa shape index (κ3) is 2.70. The van der Waals surface area contributed by atoms with Gasteiger partial charge in [-0.15, -0.1) is 0 Å². The Morgan fingerprint density at radius 3 is 3.00 bits per heavy atom. The highest BCUT2D eigenvalue weighted by Crippen LogP contribution is 2.29. The van der Waals surface area contributed by atoms with Crippen molar-refractivity contribution in [3.8, 4) is 6.07 Å². The number of anilines is 1. The van der Waals surface area contributed by atoms with E-state index in [1.165, 1.54) is 0 Å². The van der Waals surface area contributed by atoms with Gasteiger partial charge in [0.2, 0.25) is 5.91 Å². The number of nitrogens with one attached hydrogen (secondary N) is 1. The fraction of sp³-hybridized carbons (Fsp3) is 0.467. The van der Waals surface area contributed by atoms with E-state index in [-0.39, 0.29) is 11.8 Å². The van der Waals surface area contributed by atoms with Crippen LogP contribution >= 0.6 is 0 Å². The summed E-state index contributed by atoms with van der Waals surface area (Å²) < 4.78 is 0. The molecule has 0 spiro atoms. The third-order valence-electron chi connectivity index (χ3n) is 3.71. The lowest BCUT2D eigenvalue weighted by Crippen LogP contribution is -2.42. The lowest BCUT2D eigenvalue weighted by molar-refractivity contribution is -0.124. The summed E-state index contributed by atoms with van der Waals surface area (Å²) in [5.74, 6) is 0.113. The SMILES string of the molecule is CNC(=O)C1CCCN(c2c(C)cccc2C#N)C1. The van der Waals surface area contributed by atoms with Crippen LogP contribution in [0.25, 0.3) is 0 Å². The Morgan fingerprint density at radius 1 is 1.53 bits per heavy atom. The first kappa shape index (κ1) is 13.4. The molecule has 1 fully saturated rings. The molecule has 0 aliphatic carbocycles. The molecule has 1 aliphatic rings. The van der Waals surface area contributed by atoms with Gasteiger partial charge in [0.25, 0.3) is 0 Å². The lowest BCUT2D eigenvalue weighted by atomic mass is 9.95. The molecule has 19 heavy (non-hydrogen) atoms. The second-order valence-corrected chi connectivity index (χ2v) is 4.98. The first-order valence-electron chi connectivity index (χ1n) is 6.63. The van der Waals surface area contributed by atoms with Crippen LogP contribution in [0.2, 0.25) is 0 Å². The number of amides is 1. The van der Waals surface area contributed by atoms with E-state index in [4.69, 9.17) is 0 Å². The molecule has 1 saturated heterocycles. The molecule has 4 nitrogen and oxygen atoms in total. The Kier molecular flexibility index (Phi) is 4.06. The van der Waals surface area contributed by atoms with Gasteiger partial charge in [-0.25, -0.2) is 0 Å². The second-order valence-electron chi connectivity index (χ2n) is 4.98. The molecule has 4 heteroatoms. The standard InChI is InChI=1S/C15H19N3O/c1-11-5-3-6-12(9-16)14(11)18-8-4-7-13(10-18)15(19)17-2/h3,5-6,13H,4,7-8,10H2,1-2H3,(H,17,19). The van der Waals surface area contributed by atoms with Crippen LogP contribution in [-0.2, 0) is 4.79 Å². The van der Waals surface area contributed by atoms with Crippen molar-refractivity contribution in [3.05, 3.63) is 29.3 Å². The van der Waals surface area contributed by atoms with E-state index in [1.54, 1.807) is 7.05 Å². The fourth-order valence-corrected chi connectivity index (χ4v) is 2.77. The maximum Gasteiger partial charge on any atom is 0.224 e. The Bertz CT molecular complexity index is 519. The minimum Gasteiger partial charge on any atom is -0.369 e. The number of hydrogen-bond donors (Lipinski definition) is 1. The number of nitrogens with zero attached hydrogens (tertiary/aromatic N) is 2. The van der Waals surface area contributed by atoms with E-state index in [2.05, 4.69) is 16.3 Å². The van der Waals surface area contributed by atoms with Gasteiger partial charge in [-0.2, -0.15) is 5.26 Å². The van der Waals surface area contributed by atoms with Crippen molar-refractivity contribution in [1.82, 2.24) is 5.32 Å². The molecule has 2 rings (SSSR count). The molecule has 1 atom stereocenters. The van der Waals surface area contributed by atoms with E-state index in [9.17, 15) is 10.1 Å². The van der Waals surface area contributed by atoms with Crippen LogP contribution in [0, 0.1) is 24.2 Å². The molecule has 100 valence electrons. The summed E-state index contributed by atoms with van der Waals surface area (Å²) in [6.07, 6.45) is 1.90. The van der Waals surface area contributed by atoms with Crippen LogP contribution in [0.3, 0.4) is 0 Å². The summed E-state index contributed by atoms with van der Waals surface area (Å²) in [5, 5.41) is 12.0. The molecule has 1 aliphatic heterocycles. The van der Waals surface area contributed by atoms with Crippen LogP contribution in [0.15, 0.2) is 18.2 Å². The number of carbonyl (C=O) groups excluding carboxylic acids is 1. The number of nitriles is 1. The van der Waals surface area contributed by atoms with E-state index in [0.29, 0.717) is 12.1 Å². The minimum absolute atomic E-state index is 0.0184. The molecule has 1 amide bonds. The third-order valence-corrected chi connectivity index (χ3v) is 3.71. The molecule has 1 aromatic rings. The Labute approximate surface area is 114 Å². The Morgan fingerprint density at radius 2 is 2.32 bits per heavy atom. The van der Waals surface area contributed by atoms with Gasteiger partial charge in [-0.05, 0) is 31.4 Å². The zero-order valence-electron chi connectivity index (χ0n) is 11.4. The minimum atomic E-state index is 0.0184. The number of benzene rings is 1. The lowest BCUT2D eigenvalue weighted by Gasteiger charge is -2.35. The largest absolute Gasteiger partial charge is 0.369 e. The Balaban J connectivity index is 2.27. The normalized spacial score (nSPS) is 18.8. The fourth-order valence-electron chi connectivity index (χ4n) is 2.77. The van der Waals surface area contributed by atoms with E-state index in [1.807, 2.05) is 25.1 Å². The summed E-state index contributed by atoms with van der Waals surface area (Å²) in [5.41, 5.74) is 2.77. The van der Waals surface area contributed by atoms with Gasteiger partial charge in [0.05, 0.1) is 17.2 Å². The molecular formula is C15H19N3O. The summed E-state index contributed by atoms with van der Waals surface area (Å²) in [6.45, 7) is 3.62. The van der Waals surface area contributed by atoms with Gasteiger partial charge in [-0.1, -0.05) is 12.1 Å². The van der Waals surface area contributed by atoms with Crippen molar-refractivity contribution < 1.29 is 4.79 Å². The number of hydrogen-bond acceptors (Lipinski definition) is 3. The van der Waals surface area contributed by atoms with Crippen molar-refractivity contribution in [3.63, 3.8) is 0 Å². The summed E-state index contributed by atoms with van der Waals surface area (Å²) in [4.78, 5) is 14.0. The monoisotopic (exact) mass is 257 g/mol. The highest BCUT2D eigenvalue weighted by atomic mass is 16.1.